The van der Waals surface area contributed by atoms with Crippen LogP contribution in [0.25, 0.3) is 0 Å². The van der Waals surface area contributed by atoms with Crippen LogP contribution in [0.3, 0.4) is 0 Å². The third-order valence-electron chi connectivity index (χ3n) is 5.56. The molecule has 3 aromatic rings. The van der Waals surface area contributed by atoms with Crippen molar-refractivity contribution in [2.75, 3.05) is 6.54 Å². The van der Waals surface area contributed by atoms with Crippen molar-refractivity contribution in [1.29, 1.82) is 0 Å². The highest BCUT2D eigenvalue weighted by Crippen LogP contribution is 2.18. The first-order chi connectivity index (χ1) is 16.1. The van der Waals surface area contributed by atoms with E-state index in [1.165, 1.54) is 0 Å². The van der Waals surface area contributed by atoms with Gasteiger partial charge in [0.1, 0.15) is 6.04 Å². The normalized spacial score (nSPS) is 11.6. The van der Waals surface area contributed by atoms with E-state index < -0.39 is 6.04 Å². The van der Waals surface area contributed by atoms with E-state index in [4.69, 9.17) is 11.6 Å². The van der Waals surface area contributed by atoms with Gasteiger partial charge in [0.05, 0.1) is 0 Å². The van der Waals surface area contributed by atoms with Gasteiger partial charge in [-0.25, -0.2) is 0 Å². The summed E-state index contributed by atoms with van der Waals surface area (Å²) >= 11 is 6.06. The van der Waals surface area contributed by atoms with Gasteiger partial charge in [-0.2, -0.15) is 0 Å². The van der Waals surface area contributed by atoms with Crippen LogP contribution in [0.1, 0.15) is 36.5 Å². The lowest BCUT2D eigenvalue weighted by molar-refractivity contribution is -0.141. The molecule has 0 aliphatic rings. The van der Waals surface area contributed by atoms with Crippen molar-refractivity contribution in [3.8, 4) is 0 Å². The number of nitrogens with zero attached hydrogens (tertiary/aromatic N) is 1. The highest BCUT2D eigenvalue weighted by Gasteiger charge is 2.30. The molecule has 0 bridgehead atoms. The van der Waals surface area contributed by atoms with Crippen molar-refractivity contribution in [1.82, 2.24) is 10.2 Å². The molecule has 0 aliphatic heterocycles. The van der Waals surface area contributed by atoms with E-state index >= 15 is 0 Å². The van der Waals surface area contributed by atoms with Gasteiger partial charge >= 0.3 is 0 Å². The maximum absolute atomic E-state index is 13.5. The van der Waals surface area contributed by atoms with Crippen molar-refractivity contribution in [2.45, 2.75) is 45.2 Å². The molecule has 4 nitrogen and oxygen atoms in total. The number of benzene rings is 3. The van der Waals surface area contributed by atoms with Gasteiger partial charge in [0.25, 0.3) is 0 Å². The van der Waals surface area contributed by atoms with Gasteiger partial charge in [-0.15, -0.1) is 0 Å². The van der Waals surface area contributed by atoms with Gasteiger partial charge < -0.3 is 10.2 Å². The summed E-state index contributed by atoms with van der Waals surface area (Å²) in [6.07, 6.45) is 2.26. The average molecular weight is 463 g/mol. The van der Waals surface area contributed by atoms with E-state index in [0.29, 0.717) is 37.4 Å². The smallest absolute Gasteiger partial charge is 0.243 e. The fraction of sp³-hybridized carbons (Fsp3) is 0.286. The number of carbonyl (C=O) groups excluding carboxylic acids is 2. The van der Waals surface area contributed by atoms with Crippen molar-refractivity contribution < 1.29 is 9.59 Å². The molecule has 0 spiro atoms. The lowest BCUT2D eigenvalue weighted by Crippen LogP contribution is -2.50. The zero-order valence-corrected chi connectivity index (χ0v) is 19.8. The van der Waals surface area contributed by atoms with Crippen LogP contribution in [0.5, 0.6) is 0 Å². The number of halogens is 1. The lowest BCUT2D eigenvalue weighted by Gasteiger charge is -2.31. The standard InChI is InChI=1S/C28H31ClN2O2/c1-2-19-30-28(33)26(20-23-11-7-4-8-12-23)31(21-24-13-16-25(29)17-14-24)27(32)18-15-22-9-5-3-6-10-22/h3-14,16-17,26H,2,15,18-21H2,1H3,(H,30,33)/t26-/m0/s1. The first-order valence-electron chi connectivity index (χ1n) is 11.5. The first-order valence-corrected chi connectivity index (χ1v) is 11.8. The number of nitrogens with one attached hydrogen (secondary N) is 1. The number of hydrogen-bond donors (Lipinski definition) is 1. The zero-order valence-electron chi connectivity index (χ0n) is 19.0. The van der Waals surface area contributed by atoms with Gasteiger partial charge in [0.15, 0.2) is 0 Å². The summed E-state index contributed by atoms with van der Waals surface area (Å²) in [4.78, 5) is 28.5. The van der Waals surface area contributed by atoms with Crippen LogP contribution in [0.15, 0.2) is 84.9 Å². The molecule has 0 aliphatic carbocycles. The SMILES string of the molecule is CCCNC(=O)[C@H](Cc1ccccc1)N(Cc1ccc(Cl)cc1)C(=O)CCc1ccccc1. The van der Waals surface area contributed by atoms with E-state index in [2.05, 4.69) is 5.32 Å². The molecule has 1 N–H and O–H groups in total. The molecule has 2 amide bonds. The quantitative estimate of drug-likeness (QED) is 0.412. The van der Waals surface area contributed by atoms with Crippen molar-refractivity contribution >= 4 is 23.4 Å². The average Bonchev–Trinajstić information content (AvgIpc) is 2.85. The van der Waals surface area contributed by atoms with E-state index in [-0.39, 0.29) is 11.8 Å². The molecule has 172 valence electrons. The van der Waals surface area contributed by atoms with Gasteiger partial charge in [0.2, 0.25) is 11.8 Å². The summed E-state index contributed by atoms with van der Waals surface area (Å²) in [7, 11) is 0. The van der Waals surface area contributed by atoms with Gasteiger partial charge in [-0.3, -0.25) is 9.59 Å². The molecule has 1 atom stereocenters. The molecule has 0 radical (unpaired) electrons. The van der Waals surface area contributed by atoms with Crippen LogP contribution in [0, 0.1) is 0 Å². The Labute approximate surface area is 201 Å². The molecule has 0 aromatic heterocycles. The van der Waals surface area contributed by atoms with Crippen LogP contribution in [0.4, 0.5) is 0 Å². The van der Waals surface area contributed by atoms with Crippen LogP contribution in [-0.2, 0) is 29.0 Å². The number of hydrogen-bond acceptors (Lipinski definition) is 2. The van der Waals surface area contributed by atoms with E-state index in [1.54, 1.807) is 4.90 Å². The minimum atomic E-state index is -0.599. The van der Waals surface area contributed by atoms with Gasteiger partial charge in [-0.1, -0.05) is 91.3 Å². The summed E-state index contributed by atoms with van der Waals surface area (Å²) < 4.78 is 0. The fourth-order valence-electron chi connectivity index (χ4n) is 3.75. The molecular weight excluding hydrogens is 432 g/mol. The maximum atomic E-state index is 13.5. The summed E-state index contributed by atoms with van der Waals surface area (Å²) in [6, 6.07) is 26.6. The predicted molar refractivity (Wildman–Crippen MR) is 134 cm³/mol. The van der Waals surface area contributed by atoms with Crippen LogP contribution in [0.2, 0.25) is 5.02 Å². The largest absolute Gasteiger partial charge is 0.354 e. The summed E-state index contributed by atoms with van der Waals surface area (Å²) in [5, 5.41) is 3.64. The fourth-order valence-corrected chi connectivity index (χ4v) is 3.87. The highest BCUT2D eigenvalue weighted by molar-refractivity contribution is 6.30. The lowest BCUT2D eigenvalue weighted by atomic mass is 10.0. The molecule has 0 fully saturated rings. The summed E-state index contributed by atoms with van der Waals surface area (Å²) in [6.45, 7) is 2.95. The summed E-state index contributed by atoms with van der Waals surface area (Å²) in [5.41, 5.74) is 3.06. The van der Waals surface area contributed by atoms with Crippen molar-refractivity contribution in [2.24, 2.45) is 0 Å². The Morgan fingerprint density at radius 3 is 2.06 bits per heavy atom. The van der Waals surface area contributed by atoms with E-state index in [9.17, 15) is 9.59 Å². The Morgan fingerprint density at radius 2 is 1.45 bits per heavy atom. The minimum absolute atomic E-state index is 0.0404. The van der Waals surface area contributed by atoms with Crippen molar-refractivity contribution in [3.05, 3.63) is 107 Å². The predicted octanol–water partition coefficient (Wildman–Crippen LogP) is 5.44. The second kappa shape index (κ2) is 12.8. The Morgan fingerprint density at radius 1 is 0.848 bits per heavy atom. The number of carbonyl (C=O) groups is 2. The maximum Gasteiger partial charge on any atom is 0.243 e. The first kappa shape index (κ1) is 24.5. The van der Waals surface area contributed by atoms with E-state index in [1.807, 2.05) is 91.9 Å². The monoisotopic (exact) mass is 462 g/mol. The third-order valence-corrected chi connectivity index (χ3v) is 5.81. The molecule has 5 heteroatoms. The molecule has 0 heterocycles. The van der Waals surface area contributed by atoms with E-state index in [0.717, 1.165) is 23.1 Å². The van der Waals surface area contributed by atoms with Crippen LogP contribution >= 0.6 is 11.6 Å². The highest BCUT2D eigenvalue weighted by atomic mass is 35.5. The molecule has 3 rings (SSSR count). The minimum Gasteiger partial charge on any atom is -0.354 e. The third kappa shape index (κ3) is 7.76. The molecule has 33 heavy (non-hydrogen) atoms. The molecule has 3 aromatic carbocycles. The molecule has 0 saturated carbocycles. The van der Waals surface area contributed by atoms with Gasteiger partial charge in [-0.05, 0) is 41.7 Å². The number of aryl methyl sites for hydroxylation is 1. The zero-order chi connectivity index (χ0) is 23.5. The van der Waals surface area contributed by atoms with Crippen LogP contribution in [-0.4, -0.2) is 29.3 Å². The Kier molecular flexibility index (Phi) is 9.52. The van der Waals surface area contributed by atoms with Gasteiger partial charge in [0, 0.05) is 31.0 Å². The molecule has 0 saturated heterocycles. The van der Waals surface area contributed by atoms with Crippen molar-refractivity contribution in [3.63, 3.8) is 0 Å². The topological polar surface area (TPSA) is 49.4 Å². The van der Waals surface area contributed by atoms with Crippen LogP contribution < -0.4 is 5.32 Å². The number of rotatable bonds is 11. The Bertz CT molecular complexity index is 1010. The summed E-state index contributed by atoms with van der Waals surface area (Å²) in [5.74, 6) is -0.163. The second-order valence-corrected chi connectivity index (χ2v) is 8.57. The molecular formula is C28H31ClN2O2. The second-order valence-electron chi connectivity index (χ2n) is 8.13. The Hall–Kier alpha value is -3.11. The number of amides is 2. The molecule has 0 unspecified atom stereocenters. The Balaban J connectivity index is 1.87.